The van der Waals surface area contributed by atoms with E-state index in [2.05, 4.69) is 0 Å². The molecule has 11 nitrogen and oxygen atoms in total. The zero-order chi connectivity index (χ0) is 23.0. The molecule has 0 aromatic heterocycles. The van der Waals surface area contributed by atoms with Gasteiger partial charge >= 0.3 is 0 Å². The SMILES string of the molecule is COCC1O[C@H](O[C@@H]2O[C@H](COC)C(OC)[C@@]2(COC)OC)C(OC)[C@@H](OC)[C@@H]1OC. The maximum Gasteiger partial charge on any atom is 0.195 e. The summed E-state index contributed by atoms with van der Waals surface area (Å²) in [4.78, 5) is 0. The summed E-state index contributed by atoms with van der Waals surface area (Å²) in [6.45, 7) is 0.721. The van der Waals surface area contributed by atoms with E-state index in [4.69, 9.17) is 52.1 Å². The van der Waals surface area contributed by atoms with Crippen LogP contribution in [0.25, 0.3) is 0 Å². The molecule has 2 fully saturated rings. The van der Waals surface area contributed by atoms with Gasteiger partial charge in [-0.3, -0.25) is 0 Å². The number of hydrogen-bond donors (Lipinski definition) is 0. The third-order valence-corrected chi connectivity index (χ3v) is 5.85. The summed E-state index contributed by atoms with van der Waals surface area (Å²) in [5.41, 5.74) is -1.06. The molecular formula is C20H38O11. The molecule has 2 aliphatic rings. The van der Waals surface area contributed by atoms with Crippen molar-refractivity contribution in [2.24, 2.45) is 0 Å². The summed E-state index contributed by atoms with van der Waals surface area (Å²) in [7, 11) is 12.6. The van der Waals surface area contributed by atoms with Gasteiger partial charge in [-0.05, 0) is 0 Å². The molecule has 0 bridgehead atoms. The monoisotopic (exact) mass is 454 g/mol. The highest BCUT2D eigenvalue weighted by Crippen LogP contribution is 2.39. The Kier molecular flexibility index (Phi) is 11.0. The second-order valence-electron chi connectivity index (χ2n) is 7.45. The number of ether oxygens (including phenoxy) is 11. The molecule has 11 heteroatoms. The molecule has 2 rings (SSSR count). The molecule has 0 aromatic carbocycles. The lowest BCUT2D eigenvalue weighted by atomic mass is 9.95. The quantitative estimate of drug-likeness (QED) is 0.371. The van der Waals surface area contributed by atoms with Crippen LogP contribution in [0.4, 0.5) is 0 Å². The van der Waals surface area contributed by atoms with Gasteiger partial charge in [0.05, 0.1) is 19.8 Å². The van der Waals surface area contributed by atoms with E-state index in [9.17, 15) is 0 Å². The highest BCUT2D eigenvalue weighted by atomic mass is 16.8. The minimum atomic E-state index is -1.06. The zero-order valence-electron chi connectivity index (χ0n) is 19.7. The van der Waals surface area contributed by atoms with Gasteiger partial charge in [0.1, 0.15) is 36.6 Å². The van der Waals surface area contributed by atoms with E-state index in [0.29, 0.717) is 0 Å². The summed E-state index contributed by atoms with van der Waals surface area (Å²) in [5.74, 6) is 0. The van der Waals surface area contributed by atoms with Gasteiger partial charge in [-0.2, -0.15) is 0 Å². The molecule has 0 aromatic rings. The minimum absolute atomic E-state index is 0.160. The van der Waals surface area contributed by atoms with Crippen molar-refractivity contribution >= 4 is 0 Å². The molecule has 0 radical (unpaired) electrons. The van der Waals surface area contributed by atoms with Crippen LogP contribution in [0.3, 0.4) is 0 Å². The normalized spacial score (nSPS) is 41.0. The fraction of sp³-hybridized carbons (Fsp3) is 1.00. The molecule has 3 unspecified atom stereocenters. The van der Waals surface area contributed by atoms with Crippen LogP contribution in [0.5, 0.6) is 0 Å². The Morgan fingerprint density at radius 2 is 1.26 bits per heavy atom. The van der Waals surface area contributed by atoms with E-state index in [-0.39, 0.29) is 19.8 Å². The lowest BCUT2D eigenvalue weighted by molar-refractivity contribution is -0.360. The molecule has 184 valence electrons. The Hall–Kier alpha value is -0.440. The van der Waals surface area contributed by atoms with Gasteiger partial charge in [0.25, 0.3) is 0 Å². The second kappa shape index (κ2) is 12.7. The first kappa shape index (κ1) is 26.8. The van der Waals surface area contributed by atoms with E-state index in [1.165, 1.54) is 0 Å². The molecule has 31 heavy (non-hydrogen) atoms. The lowest BCUT2D eigenvalue weighted by Gasteiger charge is -2.46. The molecule has 0 amide bonds. The van der Waals surface area contributed by atoms with Gasteiger partial charge < -0.3 is 52.1 Å². The Morgan fingerprint density at radius 1 is 0.645 bits per heavy atom. The van der Waals surface area contributed by atoms with Crippen LogP contribution in [0.15, 0.2) is 0 Å². The van der Waals surface area contributed by atoms with Gasteiger partial charge in [-0.1, -0.05) is 0 Å². The summed E-state index contributed by atoms with van der Waals surface area (Å²) < 4.78 is 63.3. The first-order valence-corrected chi connectivity index (χ1v) is 10.1. The third kappa shape index (κ3) is 5.39. The molecule has 0 saturated carbocycles. The fourth-order valence-corrected chi connectivity index (χ4v) is 4.44. The summed E-state index contributed by atoms with van der Waals surface area (Å²) >= 11 is 0. The Labute approximate surface area is 184 Å². The van der Waals surface area contributed by atoms with Crippen molar-refractivity contribution < 1.29 is 52.1 Å². The molecule has 2 heterocycles. The molecule has 0 N–H and O–H groups in total. The Morgan fingerprint density at radius 3 is 1.74 bits per heavy atom. The van der Waals surface area contributed by atoms with Crippen LogP contribution < -0.4 is 0 Å². The molecule has 0 aliphatic carbocycles. The molecule has 2 saturated heterocycles. The topological polar surface area (TPSA) is 102 Å². The van der Waals surface area contributed by atoms with Crippen molar-refractivity contribution in [1.82, 2.24) is 0 Å². The van der Waals surface area contributed by atoms with Crippen LogP contribution in [0.2, 0.25) is 0 Å². The van der Waals surface area contributed by atoms with Crippen molar-refractivity contribution in [3.8, 4) is 0 Å². The van der Waals surface area contributed by atoms with Crippen molar-refractivity contribution in [2.45, 2.75) is 54.8 Å². The first-order valence-electron chi connectivity index (χ1n) is 10.1. The highest BCUT2D eigenvalue weighted by Gasteiger charge is 2.61. The van der Waals surface area contributed by atoms with E-state index >= 15 is 0 Å². The number of hydrogen-bond acceptors (Lipinski definition) is 11. The van der Waals surface area contributed by atoms with Crippen LogP contribution in [0, 0.1) is 0 Å². The van der Waals surface area contributed by atoms with Crippen molar-refractivity contribution in [1.29, 1.82) is 0 Å². The summed E-state index contributed by atoms with van der Waals surface area (Å²) in [5, 5.41) is 0. The van der Waals surface area contributed by atoms with E-state index in [1.54, 1.807) is 56.9 Å². The average Bonchev–Trinajstić information content (AvgIpc) is 3.06. The van der Waals surface area contributed by atoms with Gasteiger partial charge in [-0.15, -0.1) is 0 Å². The van der Waals surface area contributed by atoms with E-state index in [1.807, 2.05) is 0 Å². The standard InChI is InChI=1S/C20H38O11/c1-21-9-12-14(24-4)15(25-5)16(26-6)18(29-12)31-19-20(28-8,11-23-3)17(27-7)13(30-19)10-22-2/h12-19H,9-11H2,1-8H3/t12?,13-,14-,15+,16?,17?,18-,19+,20-/m1/s1. The summed E-state index contributed by atoms with van der Waals surface area (Å²) in [6, 6.07) is 0. The van der Waals surface area contributed by atoms with Crippen molar-refractivity contribution in [2.75, 3.05) is 76.7 Å². The molecule has 2 aliphatic heterocycles. The van der Waals surface area contributed by atoms with E-state index in [0.717, 1.165) is 0 Å². The largest absolute Gasteiger partial charge is 0.382 e. The average molecular weight is 455 g/mol. The molecule has 0 spiro atoms. The van der Waals surface area contributed by atoms with Gasteiger partial charge in [0.15, 0.2) is 18.2 Å². The van der Waals surface area contributed by atoms with Gasteiger partial charge in [0, 0.05) is 56.9 Å². The predicted molar refractivity (Wildman–Crippen MR) is 107 cm³/mol. The second-order valence-corrected chi connectivity index (χ2v) is 7.45. The highest BCUT2D eigenvalue weighted by molar-refractivity contribution is 5.04. The Balaban J connectivity index is 2.34. The molecular weight excluding hydrogens is 416 g/mol. The maximum atomic E-state index is 6.32. The van der Waals surface area contributed by atoms with Crippen molar-refractivity contribution in [3.63, 3.8) is 0 Å². The van der Waals surface area contributed by atoms with Gasteiger partial charge in [0.2, 0.25) is 0 Å². The Bertz CT molecular complexity index is 510. The number of methoxy groups -OCH3 is 8. The van der Waals surface area contributed by atoms with Gasteiger partial charge in [-0.25, -0.2) is 0 Å². The smallest absolute Gasteiger partial charge is 0.195 e. The fourth-order valence-electron chi connectivity index (χ4n) is 4.44. The van der Waals surface area contributed by atoms with Crippen molar-refractivity contribution in [3.05, 3.63) is 0 Å². The summed E-state index contributed by atoms with van der Waals surface area (Å²) in [6.07, 6.45) is -4.66. The zero-order valence-corrected chi connectivity index (χ0v) is 19.7. The van der Waals surface area contributed by atoms with Crippen LogP contribution in [-0.4, -0.2) is 132 Å². The molecule has 9 atom stereocenters. The van der Waals surface area contributed by atoms with E-state index < -0.39 is 54.8 Å². The van der Waals surface area contributed by atoms with Crippen LogP contribution in [-0.2, 0) is 52.1 Å². The first-order chi connectivity index (χ1) is 15.0. The number of rotatable bonds is 13. The minimum Gasteiger partial charge on any atom is -0.382 e. The lowest BCUT2D eigenvalue weighted by Crippen LogP contribution is -2.63. The third-order valence-electron chi connectivity index (χ3n) is 5.85. The van der Waals surface area contributed by atoms with Crippen LogP contribution in [0.1, 0.15) is 0 Å². The maximum absolute atomic E-state index is 6.32. The predicted octanol–water partition coefficient (Wildman–Crippen LogP) is -0.163. The van der Waals surface area contributed by atoms with Crippen LogP contribution >= 0.6 is 0 Å².